The summed E-state index contributed by atoms with van der Waals surface area (Å²) in [4.78, 5) is 0. The summed E-state index contributed by atoms with van der Waals surface area (Å²) in [5.74, 6) is -0.282. The van der Waals surface area contributed by atoms with Gasteiger partial charge in [-0.15, -0.1) is 0 Å². The van der Waals surface area contributed by atoms with Crippen LogP contribution in [-0.4, -0.2) is 19.7 Å². The first-order valence-electron chi connectivity index (χ1n) is 5.74. The number of nitrogens with one attached hydrogen (secondary N) is 1. The summed E-state index contributed by atoms with van der Waals surface area (Å²) in [5.41, 5.74) is -0.0508. The Kier molecular flexibility index (Phi) is 5.22. The van der Waals surface area contributed by atoms with Gasteiger partial charge in [0, 0.05) is 12.0 Å². The number of hydrogen-bond acceptors (Lipinski definition) is 2. The van der Waals surface area contributed by atoms with E-state index in [0.717, 1.165) is 13.1 Å². The maximum absolute atomic E-state index is 13.6. The molecular weight excluding hydrogens is 241 g/mol. The van der Waals surface area contributed by atoms with E-state index in [-0.39, 0.29) is 16.2 Å². The molecular formula is C13H19ClFNO. The van der Waals surface area contributed by atoms with Gasteiger partial charge in [-0.25, -0.2) is 4.39 Å². The molecule has 4 heteroatoms. The highest BCUT2D eigenvalue weighted by molar-refractivity contribution is 6.30. The van der Waals surface area contributed by atoms with Gasteiger partial charge < -0.3 is 10.1 Å². The molecule has 0 aliphatic heterocycles. The first-order chi connectivity index (χ1) is 7.96. The predicted molar refractivity (Wildman–Crippen MR) is 69.2 cm³/mol. The van der Waals surface area contributed by atoms with Crippen molar-refractivity contribution >= 4 is 11.6 Å². The molecule has 0 saturated heterocycles. The zero-order valence-electron chi connectivity index (χ0n) is 10.5. The molecule has 1 rings (SSSR count). The first kappa shape index (κ1) is 14.3. The maximum Gasteiger partial charge on any atom is 0.183 e. The maximum atomic E-state index is 13.6. The van der Waals surface area contributed by atoms with Crippen molar-refractivity contribution in [2.45, 2.75) is 20.8 Å². The van der Waals surface area contributed by atoms with E-state index in [4.69, 9.17) is 16.3 Å². The first-order valence-corrected chi connectivity index (χ1v) is 6.11. The van der Waals surface area contributed by atoms with Gasteiger partial charge in [-0.05, 0) is 18.7 Å². The Hall–Kier alpha value is -0.800. The Labute approximate surface area is 107 Å². The van der Waals surface area contributed by atoms with Crippen molar-refractivity contribution in [2.24, 2.45) is 5.41 Å². The molecule has 1 aromatic rings. The zero-order chi connectivity index (χ0) is 12.9. The summed E-state index contributed by atoms with van der Waals surface area (Å²) in [5, 5.41) is 3.34. The SMILES string of the molecule is CCNCC(C)(C)COc1cccc(Cl)c1F. The van der Waals surface area contributed by atoms with E-state index in [0.29, 0.717) is 6.61 Å². The number of ether oxygens (including phenoxy) is 1. The van der Waals surface area contributed by atoms with Gasteiger partial charge in [0.25, 0.3) is 0 Å². The van der Waals surface area contributed by atoms with Crippen molar-refractivity contribution in [2.75, 3.05) is 19.7 Å². The van der Waals surface area contributed by atoms with Crippen molar-refractivity contribution in [1.29, 1.82) is 0 Å². The highest BCUT2D eigenvalue weighted by atomic mass is 35.5. The number of hydrogen-bond donors (Lipinski definition) is 1. The summed E-state index contributed by atoms with van der Waals surface area (Å²) >= 11 is 5.68. The summed E-state index contributed by atoms with van der Waals surface area (Å²) in [6, 6.07) is 4.77. The second-order valence-corrected chi connectivity index (χ2v) is 5.19. The Balaban J connectivity index is 2.58. The van der Waals surface area contributed by atoms with Crippen LogP contribution in [0.5, 0.6) is 5.75 Å². The molecule has 0 bridgehead atoms. The van der Waals surface area contributed by atoms with Crippen LogP contribution >= 0.6 is 11.6 Å². The molecule has 0 heterocycles. The topological polar surface area (TPSA) is 21.3 Å². The molecule has 0 radical (unpaired) electrons. The summed E-state index contributed by atoms with van der Waals surface area (Å²) in [6.07, 6.45) is 0. The van der Waals surface area contributed by atoms with Gasteiger partial charge in [-0.2, -0.15) is 0 Å². The van der Waals surface area contributed by atoms with Crippen LogP contribution in [0, 0.1) is 11.2 Å². The summed E-state index contributed by atoms with van der Waals surface area (Å²) in [7, 11) is 0. The summed E-state index contributed by atoms with van der Waals surface area (Å²) in [6.45, 7) is 8.36. The van der Waals surface area contributed by atoms with E-state index in [2.05, 4.69) is 19.2 Å². The van der Waals surface area contributed by atoms with Gasteiger partial charge >= 0.3 is 0 Å². The molecule has 0 unspecified atom stereocenters. The van der Waals surface area contributed by atoms with Crippen molar-refractivity contribution < 1.29 is 9.13 Å². The Morgan fingerprint density at radius 1 is 1.41 bits per heavy atom. The van der Waals surface area contributed by atoms with Gasteiger partial charge in [0.15, 0.2) is 11.6 Å². The van der Waals surface area contributed by atoms with Crippen LogP contribution in [0.4, 0.5) is 4.39 Å². The van der Waals surface area contributed by atoms with Gasteiger partial charge in [-0.1, -0.05) is 38.4 Å². The van der Waals surface area contributed by atoms with Crippen molar-refractivity contribution in [1.82, 2.24) is 5.32 Å². The largest absolute Gasteiger partial charge is 0.490 e. The molecule has 1 aromatic carbocycles. The van der Waals surface area contributed by atoms with Crippen LogP contribution in [0.15, 0.2) is 18.2 Å². The van der Waals surface area contributed by atoms with Crippen molar-refractivity contribution in [3.05, 3.63) is 29.0 Å². The van der Waals surface area contributed by atoms with Crippen molar-refractivity contribution in [3.8, 4) is 5.75 Å². The molecule has 17 heavy (non-hydrogen) atoms. The molecule has 96 valence electrons. The minimum absolute atomic E-state index is 0.0508. The Morgan fingerprint density at radius 2 is 2.12 bits per heavy atom. The third-order valence-corrected chi connectivity index (χ3v) is 2.68. The van der Waals surface area contributed by atoms with Crippen molar-refractivity contribution in [3.63, 3.8) is 0 Å². The standard InChI is InChI=1S/C13H19ClFNO/c1-4-16-8-13(2,3)9-17-11-7-5-6-10(14)12(11)15/h5-7,16H,4,8-9H2,1-3H3. The molecule has 0 fully saturated rings. The molecule has 0 saturated carbocycles. The quantitative estimate of drug-likeness (QED) is 0.844. The van der Waals surface area contributed by atoms with E-state index in [9.17, 15) is 4.39 Å². The van der Waals surface area contributed by atoms with Gasteiger partial charge in [0.1, 0.15) is 0 Å². The minimum Gasteiger partial charge on any atom is -0.490 e. The van der Waals surface area contributed by atoms with E-state index < -0.39 is 5.82 Å². The molecule has 0 spiro atoms. The van der Waals surface area contributed by atoms with Gasteiger partial charge in [0.2, 0.25) is 0 Å². The van der Waals surface area contributed by atoms with Crippen LogP contribution in [0.2, 0.25) is 5.02 Å². The molecule has 0 aliphatic carbocycles. The number of benzene rings is 1. The average molecular weight is 260 g/mol. The van der Waals surface area contributed by atoms with E-state index >= 15 is 0 Å². The van der Waals surface area contributed by atoms with Crippen LogP contribution in [0.3, 0.4) is 0 Å². The van der Waals surface area contributed by atoms with E-state index in [1.165, 1.54) is 6.07 Å². The molecule has 1 N–H and O–H groups in total. The molecule has 0 aromatic heterocycles. The third-order valence-electron chi connectivity index (χ3n) is 2.39. The van der Waals surface area contributed by atoms with E-state index in [1.807, 2.05) is 6.92 Å². The molecule has 2 nitrogen and oxygen atoms in total. The van der Waals surface area contributed by atoms with Crippen LogP contribution in [0.1, 0.15) is 20.8 Å². The van der Waals surface area contributed by atoms with Gasteiger partial charge in [-0.3, -0.25) is 0 Å². The second kappa shape index (κ2) is 6.22. The molecule has 0 atom stereocenters. The third kappa shape index (κ3) is 4.52. The lowest BCUT2D eigenvalue weighted by Crippen LogP contribution is -2.34. The fourth-order valence-corrected chi connectivity index (χ4v) is 1.55. The lowest BCUT2D eigenvalue weighted by atomic mass is 9.95. The van der Waals surface area contributed by atoms with Crippen LogP contribution < -0.4 is 10.1 Å². The Bertz CT molecular complexity index is 368. The molecule has 0 amide bonds. The predicted octanol–water partition coefficient (Wildman–Crippen LogP) is 3.49. The fraction of sp³-hybridized carbons (Fsp3) is 0.538. The number of halogens is 2. The van der Waals surface area contributed by atoms with Crippen LogP contribution in [-0.2, 0) is 0 Å². The summed E-state index contributed by atoms with van der Waals surface area (Å²) < 4.78 is 19.0. The highest BCUT2D eigenvalue weighted by Crippen LogP contribution is 2.25. The smallest absolute Gasteiger partial charge is 0.183 e. The van der Waals surface area contributed by atoms with Crippen LogP contribution in [0.25, 0.3) is 0 Å². The lowest BCUT2D eigenvalue weighted by Gasteiger charge is -2.25. The molecule has 0 aliphatic rings. The fourth-order valence-electron chi connectivity index (χ4n) is 1.38. The highest BCUT2D eigenvalue weighted by Gasteiger charge is 2.19. The monoisotopic (exact) mass is 259 g/mol. The average Bonchev–Trinajstić information content (AvgIpc) is 2.29. The van der Waals surface area contributed by atoms with E-state index in [1.54, 1.807) is 12.1 Å². The minimum atomic E-state index is -0.492. The zero-order valence-corrected chi connectivity index (χ0v) is 11.3. The second-order valence-electron chi connectivity index (χ2n) is 4.79. The Morgan fingerprint density at radius 3 is 2.76 bits per heavy atom. The van der Waals surface area contributed by atoms with Gasteiger partial charge in [0.05, 0.1) is 11.6 Å². The lowest BCUT2D eigenvalue weighted by molar-refractivity contribution is 0.171. The normalized spacial score (nSPS) is 11.6. The number of rotatable bonds is 6.